The molecule has 5 nitrogen and oxygen atoms in total. The molecule has 0 fully saturated rings. The number of hydrogen-bond acceptors (Lipinski definition) is 4. The van der Waals surface area contributed by atoms with Crippen LogP contribution in [0.2, 0.25) is 5.02 Å². The molecule has 0 atom stereocenters. The summed E-state index contributed by atoms with van der Waals surface area (Å²) in [5, 5.41) is 13.6. The molecule has 0 aliphatic carbocycles. The molecule has 0 heterocycles. The minimum absolute atomic E-state index is 0.0169. The van der Waals surface area contributed by atoms with Crippen LogP contribution in [0.15, 0.2) is 68.5 Å². The molecule has 0 aromatic heterocycles. The summed E-state index contributed by atoms with van der Waals surface area (Å²) in [6.07, 6.45) is 1.53. The second kappa shape index (κ2) is 9.43. The van der Waals surface area contributed by atoms with E-state index in [0.717, 1.165) is 4.47 Å². The van der Waals surface area contributed by atoms with Crippen molar-refractivity contribution >= 4 is 67.0 Å². The molecule has 3 aromatic rings. The van der Waals surface area contributed by atoms with Crippen LogP contribution in [0.5, 0.6) is 11.5 Å². The van der Waals surface area contributed by atoms with Crippen LogP contribution < -0.4 is 10.1 Å². The molecule has 0 radical (unpaired) electrons. The summed E-state index contributed by atoms with van der Waals surface area (Å²) < 4.78 is 6.55. The minimum Gasteiger partial charge on any atom is -0.504 e. The summed E-state index contributed by atoms with van der Waals surface area (Å²) >= 11 is 12.8. The molecule has 0 aliphatic rings. The molecule has 0 spiro atoms. The third kappa shape index (κ3) is 5.18. The van der Waals surface area contributed by atoms with Gasteiger partial charge in [0, 0.05) is 31.4 Å². The van der Waals surface area contributed by atoms with E-state index in [4.69, 9.17) is 16.3 Å². The van der Waals surface area contributed by atoms with E-state index in [1.807, 2.05) is 0 Å². The maximum Gasteiger partial charge on any atom is 0.255 e. The van der Waals surface area contributed by atoms with Gasteiger partial charge in [0.25, 0.3) is 5.91 Å². The van der Waals surface area contributed by atoms with Gasteiger partial charge in [-0.25, -0.2) is 0 Å². The summed E-state index contributed by atoms with van der Waals surface area (Å²) in [5.74, 6) is 0.0659. The van der Waals surface area contributed by atoms with E-state index in [0.29, 0.717) is 37.7 Å². The van der Waals surface area contributed by atoms with Crippen LogP contribution in [-0.4, -0.2) is 24.3 Å². The zero-order chi connectivity index (χ0) is 21.0. The first kappa shape index (κ1) is 21.4. The van der Waals surface area contributed by atoms with Crippen molar-refractivity contribution in [3.63, 3.8) is 0 Å². The predicted octanol–water partition coefficient (Wildman–Crippen LogP) is 6.58. The van der Waals surface area contributed by atoms with Gasteiger partial charge in [0.2, 0.25) is 0 Å². The molecule has 8 heteroatoms. The first-order chi connectivity index (χ1) is 13.9. The van der Waals surface area contributed by atoms with Crippen molar-refractivity contribution in [1.82, 2.24) is 0 Å². The number of halogens is 3. The Morgan fingerprint density at radius 2 is 1.90 bits per heavy atom. The van der Waals surface area contributed by atoms with E-state index in [-0.39, 0.29) is 11.7 Å². The highest BCUT2D eigenvalue weighted by molar-refractivity contribution is 9.13. The van der Waals surface area contributed by atoms with Gasteiger partial charge in [-0.15, -0.1) is 0 Å². The molecule has 3 aromatic carbocycles. The zero-order valence-corrected chi connectivity index (χ0v) is 19.0. The number of carbonyl (C=O) groups is 1. The van der Waals surface area contributed by atoms with Gasteiger partial charge in [0.05, 0.1) is 18.4 Å². The Labute approximate surface area is 189 Å². The van der Waals surface area contributed by atoms with Gasteiger partial charge in [0.15, 0.2) is 11.5 Å². The third-order valence-electron chi connectivity index (χ3n) is 3.97. The smallest absolute Gasteiger partial charge is 0.255 e. The number of hydrogen-bond donors (Lipinski definition) is 2. The summed E-state index contributed by atoms with van der Waals surface area (Å²) in [4.78, 5) is 16.7. The average molecular weight is 539 g/mol. The van der Waals surface area contributed by atoms with Crippen LogP contribution in [0.25, 0.3) is 0 Å². The van der Waals surface area contributed by atoms with Gasteiger partial charge in [-0.05, 0) is 80.4 Å². The monoisotopic (exact) mass is 536 g/mol. The standard InChI is InChI=1S/C21H15Br2ClN2O3/c1-29-18-10-17(22)19(23)16(20(18)27)11-25-14-5-7-15(8-6-14)26-21(28)12-3-2-4-13(24)9-12/h2-11,27H,1H3,(H,26,28). The zero-order valence-electron chi connectivity index (χ0n) is 15.1. The second-order valence-electron chi connectivity index (χ2n) is 5.91. The Morgan fingerprint density at radius 1 is 1.17 bits per heavy atom. The number of carbonyl (C=O) groups excluding carboxylic acids is 1. The van der Waals surface area contributed by atoms with Gasteiger partial charge >= 0.3 is 0 Å². The van der Waals surface area contributed by atoms with Crippen molar-refractivity contribution in [3.8, 4) is 11.5 Å². The van der Waals surface area contributed by atoms with Crippen LogP contribution >= 0.6 is 43.5 Å². The predicted molar refractivity (Wildman–Crippen MR) is 123 cm³/mol. The molecular formula is C21H15Br2ClN2O3. The van der Waals surface area contributed by atoms with E-state index >= 15 is 0 Å². The number of methoxy groups -OCH3 is 1. The van der Waals surface area contributed by atoms with Crippen molar-refractivity contribution in [2.75, 3.05) is 12.4 Å². The summed E-state index contributed by atoms with van der Waals surface area (Å²) in [7, 11) is 1.48. The van der Waals surface area contributed by atoms with E-state index in [1.54, 1.807) is 54.6 Å². The molecule has 2 N–H and O–H groups in total. The quantitative estimate of drug-likeness (QED) is 0.361. The number of phenolic OH excluding ortho intramolecular Hbond substituents is 1. The average Bonchev–Trinajstić information content (AvgIpc) is 2.71. The van der Waals surface area contributed by atoms with Crippen LogP contribution in [0.1, 0.15) is 15.9 Å². The molecule has 148 valence electrons. The molecule has 0 aliphatic heterocycles. The van der Waals surface area contributed by atoms with E-state index in [1.165, 1.54) is 13.3 Å². The number of nitrogens with one attached hydrogen (secondary N) is 1. The van der Waals surface area contributed by atoms with Crippen molar-refractivity contribution in [3.05, 3.63) is 79.7 Å². The molecule has 0 saturated heterocycles. The third-order valence-corrected chi connectivity index (χ3v) is 6.21. The minimum atomic E-state index is -0.251. The molecular weight excluding hydrogens is 524 g/mol. The number of anilines is 1. The Kier molecular flexibility index (Phi) is 6.95. The van der Waals surface area contributed by atoms with Crippen LogP contribution in [0, 0.1) is 0 Å². The fourth-order valence-corrected chi connectivity index (χ4v) is 3.50. The lowest BCUT2D eigenvalue weighted by Crippen LogP contribution is -2.11. The molecule has 0 bridgehead atoms. The second-order valence-corrected chi connectivity index (χ2v) is 7.99. The first-order valence-corrected chi connectivity index (χ1v) is 10.3. The maximum atomic E-state index is 12.3. The Morgan fingerprint density at radius 3 is 2.55 bits per heavy atom. The van der Waals surface area contributed by atoms with Crippen molar-refractivity contribution in [2.24, 2.45) is 4.99 Å². The number of nitrogens with zero attached hydrogens (tertiary/aromatic N) is 1. The summed E-state index contributed by atoms with van der Waals surface area (Å²) in [6.45, 7) is 0. The van der Waals surface area contributed by atoms with E-state index in [9.17, 15) is 9.90 Å². The van der Waals surface area contributed by atoms with Crippen LogP contribution in [-0.2, 0) is 0 Å². The largest absolute Gasteiger partial charge is 0.504 e. The number of phenols is 1. The van der Waals surface area contributed by atoms with Gasteiger partial charge in [0.1, 0.15) is 0 Å². The Bertz CT molecular complexity index is 1090. The lowest BCUT2D eigenvalue weighted by molar-refractivity contribution is 0.102. The van der Waals surface area contributed by atoms with Gasteiger partial charge in [-0.2, -0.15) is 0 Å². The Balaban J connectivity index is 1.76. The van der Waals surface area contributed by atoms with Crippen molar-refractivity contribution in [1.29, 1.82) is 0 Å². The number of amides is 1. The number of ether oxygens (including phenoxy) is 1. The maximum absolute atomic E-state index is 12.3. The van der Waals surface area contributed by atoms with Gasteiger partial charge in [-0.3, -0.25) is 9.79 Å². The summed E-state index contributed by atoms with van der Waals surface area (Å²) in [6, 6.07) is 15.4. The van der Waals surface area contributed by atoms with E-state index < -0.39 is 0 Å². The van der Waals surface area contributed by atoms with Crippen LogP contribution in [0.4, 0.5) is 11.4 Å². The Hall–Kier alpha value is -2.35. The van der Waals surface area contributed by atoms with Gasteiger partial charge in [-0.1, -0.05) is 17.7 Å². The highest BCUT2D eigenvalue weighted by Crippen LogP contribution is 2.39. The lowest BCUT2D eigenvalue weighted by Gasteiger charge is -2.10. The van der Waals surface area contributed by atoms with Crippen molar-refractivity contribution < 1.29 is 14.6 Å². The number of aliphatic imine (C=N–C) groups is 1. The molecule has 1 amide bonds. The topological polar surface area (TPSA) is 70.9 Å². The van der Waals surface area contributed by atoms with E-state index in [2.05, 4.69) is 42.2 Å². The van der Waals surface area contributed by atoms with Crippen molar-refractivity contribution in [2.45, 2.75) is 0 Å². The highest BCUT2D eigenvalue weighted by Gasteiger charge is 2.14. The number of rotatable bonds is 5. The highest BCUT2D eigenvalue weighted by atomic mass is 79.9. The fraction of sp³-hybridized carbons (Fsp3) is 0.0476. The number of aromatic hydroxyl groups is 1. The molecule has 0 unspecified atom stereocenters. The molecule has 29 heavy (non-hydrogen) atoms. The van der Waals surface area contributed by atoms with Gasteiger partial charge < -0.3 is 15.2 Å². The molecule has 3 rings (SSSR count). The SMILES string of the molecule is COc1cc(Br)c(Br)c(C=Nc2ccc(NC(=O)c3cccc(Cl)c3)cc2)c1O. The first-order valence-electron chi connectivity index (χ1n) is 8.35. The number of benzene rings is 3. The summed E-state index contributed by atoms with van der Waals surface area (Å²) in [5.41, 5.74) is 2.23. The normalized spacial score (nSPS) is 10.9. The molecule has 0 saturated carbocycles. The fourth-order valence-electron chi connectivity index (χ4n) is 2.49. The van der Waals surface area contributed by atoms with Crippen LogP contribution in [0.3, 0.4) is 0 Å². The lowest BCUT2D eigenvalue weighted by atomic mass is 10.2.